The molecular formula is C14H17N3O4S. The summed E-state index contributed by atoms with van der Waals surface area (Å²) in [6, 6.07) is 0.634. The van der Waals surface area contributed by atoms with Crippen LogP contribution in [0.3, 0.4) is 0 Å². The van der Waals surface area contributed by atoms with Crippen molar-refractivity contribution in [2.45, 2.75) is 39.3 Å². The summed E-state index contributed by atoms with van der Waals surface area (Å²) >= 11 is 1.39. The lowest BCUT2D eigenvalue weighted by Gasteiger charge is -2.29. The largest absolute Gasteiger partial charge is 0.480 e. The molecule has 2 heterocycles. The van der Waals surface area contributed by atoms with Crippen molar-refractivity contribution in [3.05, 3.63) is 17.8 Å². The molecule has 0 aliphatic heterocycles. The van der Waals surface area contributed by atoms with Gasteiger partial charge in [-0.2, -0.15) is 0 Å². The molecule has 8 heteroatoms. The van der Waals surface area contributed by atoms with Gasteiger partial charge in [0.15, 0.2) is 5.82 Å². The number of hydrogen-bond acceptors (Lipinski definition) is 6. The maximum absolute atomic E-state index is 12.5. The van der Waals surface area contributed by atoms with Crippen molar-refractivity contribution in [1.82, 2.24) is 9.97 Å². The first kappa shape index (κ1) is 16.2. The van der Waals surface area contributed by atoms with Crippen LogP contribution in [0.1, 0.15) is 27.7 Å². The number of carbonyl (C=O) groups excluding carboxylic acids is 1. The zero-order chi connectivity index (χ0) is 16.5. The highest BCUT2D eigenvalue weighted by Crippen LogP contribution is 2.29. The third-order valence-corrected chi connectivity index (χ3v) is 3.62. The van der Waals surface area contributed by atoms with Crippen LogP contribution in [0.5, 0.6) is 0 Å². The molecule has 0 aromatic carbocycles. The van der Waals surface area contributed by atoms with Gasteiger partial charge in [0.2, 0.25) is 0 Å². The second-order valence-corrected chi connectivity index (χ2v) is 6.60. The van der Waals surface area contributed by atoms with Crippen molar-refractivity contribution in [1.29, 1.82) is 0 Å². The van der Waals surface area contributed by atoms with Crippen molar-refractivity contribution in [2.24, 2.45) is 0 Å². The summed E-state index contributed by atoms with van der Waals surface area (Å²) in [5, 5.41) is 11.7. The summed E-state index contributed by atoms with van der Waals surface area (Å²) in [7, 11) is 0. The van der Waals surface area contributed by atoms with Gasteiger partial charge in [-0.25, -0.2) is 24.5 Å². The molecule has 1 N–H and O–H groups in total. The Labute approximate surface area is 131 Å². The Kier molecular flexibility index (Phi) is 4.32. The van der Waals surface area contributed by atoms with Crippen molar-refractivity contribution in [3.63, 3.8) is 0 Å². The van der Waals surface area contributed by atoms with Crippen molar-refractivity contribution < 1.29 is 19.4 Å². The number of hydrogen-bond donors (Lipinski definition) is 1. The Balaban J connectivity index is 2.51. The first-order valence-electron chi connectivity index (χ1n) is 6.64. The van der Waals surface area contributed by atoms with E-state index in [1.807, 2.05) is 5.38 Å². The summed E-state index contributed by atoms with van der Waals surface area (Å²) < 4.78 is 5.32. The minimum absolute atomic E-state index is 0.232. The standard InChI is InChI=1S/C14H17N3O4S/c1-8(12(18)19)17(13(20)21-14(2,3)4)10-9-5-6-22-11(9)16-7-15-10/h5-8H,1-4H3,(H,18,19)/t8-/m0/s1. The van der Waals surface area contributed by atoms with Gasteiger partial charge in [0.25, 0.3) is 0 Å². The van der Waals surface area contributed by atoms with E-state index in [4.69, 9.17) is 4.74 Å². The first-order valence-corrected chi connectivity index (χ1v) is 7.52. The van der Waals surface area contributed by atoms with E-state index in [-0.39, 0.29) is 5.82 Å². The highest BCUT2D eigenvalue weighted by atomic mass is 32.1. The van der Waals surface area contributed by atoms with E-state index in [1.54, 1.807) is 26.8 Å². The summed E-state index contributed by atoms with van der Waals surface area (Å²) in [6.07, 6.45) is 0.550. The van der Waals surface area contributed by atoms with E-state index >= 15 is 0 Å². The molecule has 2 aromatic heterocycles. The van der Waals surface area contributed by atoms with Crippen LogP contribution in [0, 0.1) is 0 Å². The van der Waals surface area contributed by atoms with Crippen LogP contribution < -0.4 is 4.90 Å². The molecule has 0 bridgehead atoms. The number of carboxylic acid groups (broad SMARTS) is 1. The fourth-order valence-electron chi connectivity index (χ4n) is 1.82. The normalized spacial score (nSPS) is 12.9. The summed E-state index contributed by atoms with van der Waals surface area (Å²) in [5.74, 6) is -0.914. The number of rotatable bonds is 3. The Morgan fingerprint density at radius 2 is 2.05 bits per heavy atom. The molecule has 1 atom stereocenters. The van der Waals surface area contributed by atoms with E-state index in [0.29, 0.717) is 10.2 Å². The maximum Gasteiger partial charge on any atom is 0.416 e. The van der Waals surface area contributed by atoms with Crippen LogP contribution in [-0.4, -0.2) is 38.8 Å². The minimum atomic E-state index is -1.15. The number of aliphatic carboxylic acids is 1. The highest BCUT2D eigenvalue weighted by Gasteiger charge is 2.33. The molecule has 0 saturated heterocycles. The zero-order valence-electron chi connectivity index (χ0n) is 12.7. The number of aromatic nitrogens is 2. The number of carbonyl (C=O) groups is 2. The smallest absolute Gasteiger partial charge is 0.416 e. The van der Waals surface area contributed by atoms with Gasteiger partial charge in [0.05, 0.1) is 5.39 Å². The fourth-order valence-corrected chi connectivity index (χ4v) is 2.55. The second-order valence-electron chi connectivity index (χ2n) is 5.70. The van der Waals surface area contributed by atoms with E-state index in [0.717, 1.165) is 4.90 Å². The van der Waals surface area contributed by atoms with Gasteiger partial charge in [-0.05, 0) is 39.1 Å². The number of nitrogens with zero attached hydrogens (tertiary/aromatic N) is 3. The molecule has 1 amide bonds. The number of fused-ring (bicyclic) bond motifs is 1. The van der Waals surface area contributed by atoms with Crippen LogP contribution in [-0.2, 0) is 9.53 Å². The van der Waals surface area contributed by atoms with Gasteiger partial charge in [0, 0.05) is 0 Å². The predicted molar refractivity (Wildman–Crippen MR) is 83.2 cm³/mol. The number of thiophene rings is 1. The number of carboxylic acids is 1. The van der Waals surface area contributed by atoms with Crippen LogP contribution in [0.2, 0.25) is 0 Å². The predicted octanol–water partition coefficient (Wildman–Crippen LogP) is 2.91. The summed E-state index contributed by atoms with van der Waals surface area (Å²) in [5.41, 5.74) is -0.742. The SMILES string of the molecule is C[C@@H](C(=O)O)N(C(=O)OC(C)(C)C)c1ncnc2sccc12. The summed E-state index contributed by atoms with van der Waals surface area (Å²) in [6.45, 7) is 6.56. The van der Waals surface area contributed by atoms with E-state index in [2.05, 4.69) is 9.97 Å². The van der Waals surface area contributed by atoms with E-state index < -0.39 is 23.7 Å². The fraction of sp³-hybridized carbons (Fsp3) is 0.429. The molecule has 0 saturated carbocycles. The Hall–Kier alpha value is -2.22. The molecule has 0 spiro atoms. The second kappa shape index (κ2) is 5.88. The van der Waals surface area contributed by atoms with Crippen LogP contribution in [0.15, 0.2) is 17.8 Å². The average Bonchev–Trinajstić information content (AvgIpc) is 2.85. The Bertz CT molecular complexity index is 707. The van der Waals surface area contributed by atoms with Gasteiger partial charge < -0.3 is 9.84 Å². The van der Waals surface area contributed by atoms with Crippen molar-refractivity contribution in [2.75, 3.05) is 4.90 Å². The lowest BCUT2D eigenvalue weighted by atomic mass is 10.2. The molecule has 22 heavy (non-hydrogen) atoms. The Morgan fingerprint density at radius 1 is 1.36 bits per heavy atom. The van der Waals surface area contributed by atoms with Crippen molar-refractivity contribution in [3.8, 4) is 0 Å². The zero-order valence-corrected chi connectivity index (χ0v) is 13.5. The molecule has 0 radical (unpaired) electrons. The van der Waals surface area contributed by atoms with E-state index in [1.165, 1.54) is 24.6 Å². The van der Waals surface area contributed by atoms with Gasteiger partial charge >= 0.3 is 12.1 Å². The molecule has 0 aliphatic carbocycles. The summed E-state index contributed by atoms with van der Waals surface area (Å²) in [4.78, 5) is 33.7. The molecule has 118 valence electrons. The van der Waals surface area contributed by atoms with Crippen molar-refractivity contribution >= 4 is 39.4 Å². The topological polar surface area (TPSA) is 92.6 Å². The molecule has 0 unspecified atom stereocenters. The minimum Gasteiger partial charge on any atom is -0.480 e. The molecule has 7 nitrogen and oxygen atoms in total. The molecule has 2 rings (SSSR count). The lowest BCUT2D eigenvalue weighted by molar-refractivity contribution is -0.138. The van der Waals surface area contributed by atoms with E-state index in [9.17, 15) is 14.7 Å². The quantitative estimate of drug-likeness (QED) is 0.933. The van der Waals surface area contributed by atoms with Gasteiger partial charge in [-0.3, -0.25) is 0 Å². The molecule has 2 aromatic rings. The number of ether oxygens (including phenoxy) is 1. The highest BCUT2D eigenvalue weighted by molar-refractivity contribution is 7.16. The number of anilines is 1. The number of amides is 1. The van der Waals surface area contributed by atoms with Crippen LogP contribution in [0.25, 0.3) is 10.2 Å². The first-order chi connectivity index (χ1) is 10.2. The molecule has 0 fully saturated rings. The maximum atomic E-state index is 12.5. The Morgan fingerprint density at radius 3 is 2.64 bits per heavy atom. The van der Waals surface area contributed by atoms with Gasteiger partial charge in [-0.15, -0.1) is 11.3 Å². The van der Waals surface area contributed by atoms with Gasteiger partial charge in [-0.1, -0.05) is 0 Å². The third-order valence-electron chi connectivity index (χ3n) is 2.80. The van der Waals surface area contributed by atoms with Crippen LogP contribution >= 0.6 is 11.3 Å². The third kappa shape index (κ3) is 3.33. The van der Waals surface area contributed by atoms with Crippen LogP contribution in [0.4, 0.5) is 10.6 Å². The molecular weight excluding hydrogens is 306 g/mol. The molecule has 0 aliphatic rings. The monoisotopic (exact) mass is 323 g/mol. The van der Waals surface area contributed by atoms with Gasteiger partial charge in [0.1, 0.15) is 22.8 Å². The average molecular weight is 323 g/mol. The lowest BCUT2D eigenvalue weighted by Crippen LogP contribution is -2.46.